The molecule has 0 saturated heterocycles. The molecular formula is C16H20BrNO3. The molecule has 114 valence electrons. The highest BCUT2D eigenvalue weighted by Crippen LogP contribution is 2.25. The van der Waals surface area contributed by atoms with Crippen molar-refractivity contribution in [3.8, 4) is 0 Å². The Morgan fingerprint density at radius 2 is 1.86 bits per heavy atom. The number of ether oxygens (including phenoxy) is 1. The molecule has 0 aromatic heterocycles. The molecule has 21 heavy (non-hydrogen) atoms. The minimum Gasteiger partial charge on any atom is -0.469 e. The van der Waals surface area contributed by atoms with Crippen LogP contribution in [0.25, 0.3) is 0 Å². The van der Waals surface area contributed by atoms with Gasteiger partial charge in [0.05, 0.1) is 13.0 Å². The number of carbonyl (C=O) groups is 2. The number of halogens is 1. The lowest BCUT2D eigenvalue weighted by Crippen LogP contribution is -2.38. The van der Waals surface area contributed by atoms with E-state index in [4.69, 9.17) is 4.74 Å². The predicted molar refractivity (Wildman–Crippen MR) is 84.1 cm³/mol. The first-order valence-electron chi connectivity index (χ1n) is 7.15. The maximum Gasteiger partial charge on any atom is 0.308 e. The van der Waals surface area contributed by atoms with E-state index < -0.39 is 0 Å². The zero-order valence-corrected chi connectivity index (χ0v) is 13.9. The molecule has 0 atom stereocenters. The molecule has 0 unspecified atom stereocenters. The molecule has 1 aromatic carbocycles. The molecule has 0 radical (unpaired) electrons. The van der Waals surface area contributed by atoms with Gasteiger partial charge >= 0.3 is 5.97 Å². The Kier molecular flexibility index (Phi) is 5.39. The molecule has 5 heteroatoms. The van der Waals surface area contributed by atoms with Gasteiger partial charge in [0.1, 0.15) is 0 Å². The zero-order valence-electron chi connectivity index (χ0n) is 12.3. The summed E-state index contributed by atoms with van der Waals surface area (Å²) in [7, 11) is 1.42. The monoisotopic (exact) mass is 353 g/mol. The third kappa shape index (κ3) is 4.30. The third-order valence-corrected chi connectivity index (χ3v) is 4.36. The zero-order chi connectivity index (χ0) is 15.4. The molecule has 0 aliphatic heterocycles. The van der Waals surface area contributed by atoms with Crippen LogP contribution in [0.5, 0.6) is 0 Å². The summed E-state index contributed by atoms with van der Waals surface area (Å²) in [5.74, 6) is -0.209. The van der Waals surface area contributed by atoms with Gasteiger partial charge in [-0.25, -0.2) is 0 Å². The number of esters is 1. The molecule has 1 amide bonds. The summed E-state index contributed by atoms with van der Waals surface area (Å²) in [6.45, 7) is 1.96. The van der Waals surface area contributed by atoms with Crippen molar-refractivity contribution in [2.45, 2.75) is 38.6 Å². The number of carbonyl (C=O) groups excluding carboxylic acids is 2. The number of nitrogens with one attached hydrogen (secondary N) is 1. The number of benzene rings is 1. The minimum atomic E-state index is -0.137. The Morgan fingerprint density at radius 1 is 1.19 bits per heavy atom. The van der Waals surface area contributed by atoms with Gasteiger partial charge in [-0.1, -0.05) is 15.9 Å². The molecular weight excluding hydrogens is 334 g/mol. The summed E-state index contributed by atoms with van der Waals surface area (Å²) in [4.78, 5) is 23.7. The van der Waals surface area contributed by atoms with Crippen LogP contribution in [-0.4, -0.2) is 25.0 Å². The second-order valence-electron chi connectivity index (χ2n) is 5.56. The van der Waals surface area contributed by atoms with E-state index >= 15 is 0 Å². The van der Waals surface area contributed by atoms with Gasteiger partial charge in [0.25, 0.3) is 5.91 Å². The summed E-state index contributed by atoms with van der Waals surface area (Å²) >= 11 is 3.41. The third-order valence-electron chi connectivity index (χ3n) is 3.90. The summed E-state index contributed by atoms with van der Waals surface area (Å²) < 4.78 is 5.67. The lowest BCUT2D eigenvalue weighted by atomic mass is 9.86. The van der Waals surface area contributed by atoms with Gasteiger partial charge in [-0.05, 0) is 56.4 Å². The topological polar surface area (TPSA) is 55.4 Å². The van der Waals surface area contributed by atoms with Crippen LogP contribution in [0.4, 0.5) is 0 Å². The number of hydrogen-bond acceptors (Lipinski definition) is 3. The van der Waals surface area contributed by atoms with E-state index in [-0.39, 0.29) is 23.8 Å². The van der Waals surface area contributed by atoms with Crippen LogP contribution in [0.3, 0.4) is 0 Å². The van der Waals surface area contributed by atoms with E-state index in [0.717, 1.165) is 35.7 Å². The van der Waals surface area contributed by atoms with Crippen molar-refractivity contribution in [2.24, 2.45) is 5.92 Å². The van der Waals surface area contributed by atoms with Crippen molar-refractivity contribution in [3.05, 3.63) is 33.8 Å². The Hall–Kier alpha value is -1.36. The Morgan fingerprint density at radius 3 is 2.43 bits per heavy atom. The first-order chi connectivity index (χ1) is 9.99. The molecule has 2 rings (SSSR count). The first-order valence-corrected chi connectivity index (χ1v) is 7.94. The van der Waals surface area contributed by atoms with Crippen molar-refractivity contribution in [1.29, 1.82) is 0 Å². The molecule has 1 fully saturated rings. The van der Waals surface area contributed by atoms with Gasteiger partial charge in [0.15, 0.2) is 0 Å². The summed E-state index contributed by atoms with van der Waals surface area (Å²) in [6, 6.07) is 5.80. The Bertz CT molecular complexity index is 516. The Balaban J connectivity index is 1.91. The molecule has 1 aromatic rings. The minimum absolute atomic E-state index is 0.0173. The fourth-order valence-electron chi connectivity index (χ4n) is 2.78. The fourth-order valence-corrected chi connectivity index (χ4v) is 3.38. The second kappa shape index (κ2) is 7.07. The molecule has 0 bridgehead atoms. The van der Waals surface area contributed by atoms with Gasteiger partial charge in [-0.3, -0.25) is 9.59 Å². The number of aryl methyl sites for hydroxylation is 1. The quantitative estimate of drug-likeness (QED) is 0.848. The smallest absolute Gasteiger partial charge is 0.308 e. The van der Waals surface area contributed by atoms with Gasteiger partial charge in [0.2, 0.25) is 0 Å². The highest BCUT2D eigenvalue weighted by molar-refractivity contribution is 9.10. The van der Waals surface area contributed by atoms with Crippen LogP contribution in [0.2, 0.25) is 0 Å². The van der Waals surface area contributed by atoms with Crippen molar-refractivity contribution >= 4 is 27.8 Å². The highest BCUT2D eigenvalue weighted by Gasteiger charge is 2.27. The van der Waals surface area contributed by atoms with Crippen molar-refractivity contribution in [2.75, 3.05) is 7.11 Å². The Labute approximate surface area is 133 Å². The van der Waals surface area contributed by atoms with Crippen LogP contribution >= 0.6 is 15.9 Å². The predicted octanol–water partition coefficient (Wildman–Crippen LogP) is 3.22. The molecule has 1 aliphatic rings. The summed E-state index contributed by atoms with van der Waals surface area (Å²) in [5.41, 5.74) is 1.71. The van der Waals surface area contributed by atoms with Gasteiger partial charge < -0.3 is 10.1 Å². The van der Waals surface area contributed by atoms with Crippen molar-refractivity contribution < 1.29 is 14.3 Å². The SMILES string of the molecule is COC(=O)C1CCC(NC(=O)c2cc(C)cc(Br)c2)CC1. The van der Waals surface area contributed by atoms with E-state index in [2.05, 4.69) is 21.2 Å². The highest BCUT2D eigenvalue weighted by atomic mass is 79.9. The molecule has 0 spiro atoms. The lowest BCUT2D eigenvalue weighted by Gasteiger charge is -2.27. The summed E-state index contributed by atoms with van der Waals surface area (Å²) in [6.07, 6.45) is 3.18. The van der Waals surface area contributed by atoms with Gasteiger partial charge in [0, 0.05) is 16.1 Å². The van der Waals surface area contributed by atoms with Crippen LogP contribution in [0, 0.1) is 12.8 Å². The second-order valence-corrected chi connectivity index (χ2v) is 6.48. The maximum absolute atomic E-state index is 12.3. The van der Waals surface area contributed by atoms with E-state index in [1.54, 1.807) is 0 Å². The van der Waals surface area contributed by atoms with Crippen LogP contribution in [0.15, 0.2) is 22.7 Å². The van der Waals surface area contributed by atoms with E-state index in [9.17, 15) is 9.59 Å². The molecule has 4 nitrogen and oxygen atoms in total. The maximum atomic E-state index is 12.3. The molecule has 1 saturated carbocycles. The molecule has 1 aliphatic carbocycles. The number of rotatable bonds is 3. The number of amides is 1. The average molecular weight is 354 g/mol. The summed E-state index contributed by atoms with van der Waals surface area (Å²) in [5, 5.41) is 3.06. The van der Waals surface area contributed by atoms with Crippen LogP contribution < -0.4 is 5.32 Å². The normalized spacial score (nSPS) is 21.7. The van der Waals surface area contributed by atoms with Crippen LogP contribution in [0.1, 0.15) is 41.6 Å². The number of methoxy groups -OCH3 is 1. The fraction of sp³-hybridized carbons (Fsp3) is 0.500. The van der Waals surface area contributed by atoms with Crippen molar-refractivity contribution in [3.63, 3.8) is 0 Å². The lowest BCUT2D eigenvalue weighted by molar-refractivity contribution is -0.146. The van der Waals surface area contributed by atoms with Crippen molar-refractivity contribution in [1.82, 2.24) is 5.32 Å². The average Bonchev–Trinajstić information content (AvgIpc) is 2.46. The molecule has 1 N–H and O–H groups in total. The van der Waals surface area contributed by atoms with Crippen LogP contribution in [-0.2, 0) is 9.53 Å². The van der Waals surface area contributed by atoms with Gasteiger partial charge in [-0.2, -0.15) is 0 Å². The standard InChI is InChI=1S/C16H20BrNO3/c1-10-7-12(9-13(17)8-10)15(19)18-14-5-3-11(4-6-14)16(20)21-2/h7-9,11,14H,3-6H2,1-2H3,(H,18,19). The number of hydrogen-bond donors (Lipinski definition) is 1. The van der Waals surface area contributed by atoms with E-state index in [0.29, 0.717) is 5.56 Å². The molecule has 0 heterocycles. The first kappa shape index (κ1) is 16.0. The largest absolute Gasteiger partial charge is 0.469 e. The van der Waals surface area contributed by atoms with E-state index in [1.807, 2.05) is 25.1 Å². The van der Waals surface area contributed by atoms with E-state index in [1.165, 1.54) is 7.11 Å². The van der Waals surface area contributed by atoms with Gasteiger partial charge in [-0.15, -0.1) is 0 Å².